The fraction of sp³-hybridized carbons (Fsp3) is 0.281. The Hall–Kier alpha value is -2.97. The normalized spacial score (nSPS) is 21.5. The summed E-state index contributed by atoms with van der Waals surface area (Å²) in [5, 5.41) is 2.83. The SMILES string of the molecule is [2H]C1([2H])c2ccc(-c3cccc4c3[Si](C)(C)c3c-4ccc(C)c3-c3cccc[n+]3C)cc2C([2H])([2H])C1(C)C. The summed E-state index contributed by atoms with van der Waals surface area (Å²) in [4.78, 5) is 0. The molecule has 1 nitrogen and oxygen atoms in total. The quantitative estimate of drug-likeness (QED) is 0.250. The highest BCUT2D eigenvalue weighted by molar-refractivity contribution is 7.05. The van der Waals surface area contributed by atoms with Gasteiger partial charge in [0.1, 0.15) is 15.1 Å². The molecule has 1 aliphatic heterocycles. The molecule has 2 heteroatoms. The first-order valence-corrected chi connectivity index (χ1v) is 15.1. The Bertz CT molecular complexity index is 1650. The van der Waals surface area contributed by atoms with E-state index in [1.165, 1.54) is 38.3 Å². The van der Waals surface area contributed by atoms with E-state index >= 15 is 0 Å². The van der Waals surface area contributed by atoms with Crippen molar-refractivity contribution in [2.45, 2.75) is 46.6 Å². The zero-order chi connectivity index (χ0) is 27.4. The standard InChI is InChI=1S/C32H34NSi/c1-21-13-16-27-26-11-9-10-25(22-14-15-23-19-32(2,3)20-24(23)18-22)30(26)34(5,6)31(27)29(21)28-12-7-8-17-33(28)4/h7-18H,19-20H2,1-6H3/q+1/i19D2,20D2. The Morgan fingerprint density at radius 1 is 0.824 bits per heavy atom. The van der Waals surface area contributed by atoms with Crippen LogP contribution in [0.3, 0.4) is 0 Å². The van der Waals surface area contributed by atoms with Crippen LogP contribution in [0.2, 0.25) is 13.1 Å². The first-order valence-electron chi connectivity index (χ1n) is 14.1. The van der Waals surface area contributed by atoms with Gasteiger partial charge in [0.15, 0.2) is 6.20 Å². The van der Waals surface area contributed by atoms with Gasteiger partial charge in [-0.25, -0.2) is 4.57 Å². The van der Waals surface area contributed by atoms with E-state index in [0.29, 0.717) is 11.1 Å². The minimum Gasteiger partial charge on any atom is -0.201 e. The van der Waals surface area contributed by atoms with Gasteiger partial charge in [0.2, 0.25) is 5.69 Å². The second-order valence-electron chi connectivity index (χ2n) is 10.9. The van der Waals surface area contributed by atoms with Crippen LogP contribution in [-0.4, -0.2) is 8.07 Å². The molecule has 0 amide bonds. The van der Waals surface area contributed by atoms with Gasteiger partial charge < -0.3 is 0 Å². The Labute approximate surface area is 210 Å². The molecule has 170 valence electrons. The number of nitrogens with zero attached hydrogens (tertiary/aromatic N) is 1. The molecule has 0 radical (unpaired) electrons. The van der Waals surface area contributed by atoms with Crippen molar-refractivity contribution < 1.29 is 10.1 Å². The van der Waals surface area contributed by atoms with E-state index in [0.717, 1.165) is 11.1 Å². The van der Waals surface area contributed by atoms with Gasteiger partial charge in [-0.15, -0.1) is 0 Å². The summed E-state index contributed by atoms with van der Waals surface area (Å²) in [6.45, 7) is 10.5. The van der Waals surface area contributed by atoms with Crippen molar-refractivity contribution in [3.8, 4) is 33.5 Å². The summed E-state index contributed by atoms with van der Waals surface area (Å²) in [6.07, 6.45) is -1.41. The van der Waals surface area contributed by atoms with E-state index in [1.807, 2.05) is 18.2 Å². The lowest BCUT2D eigenvalue weighted by Crippen LogP contribution is -2.51. The molecule has 2 aliphatic rings. The van der Waals surface area contributed by atoms with Gasteiger partial charge in [0, 0.05) is 23.2 Å². The molecule has 0 bridgehead atoms. The minimum absolute atomic E-state index is 0.470. The molecule has 0 N–H and O–H groups in total. The third-order valence-electron chi connectivity index (χ3n) is 7.55. The zero-order valence-corrected chi connectivity index (χ0v) is 21.9. The molecule has 0 saturated heterocycles. The topological polar surface area (TPSA) is 3.88 Å². The number of hydrogen-bond donors (Lipinski definition) is 0. The van der Waals surface area contributed by atoms with Gasteiger partial charge in [0.05, 0.1) is 0 Å². The minimum atomic E-state index is -2.19. The summed E-state index contributed by atoms with van der Waals surface area (Å²) in [5.74, 6) is 0. The molecule has 1 aliphatic carbocycles. The molecular weight excluding hydrogens is 426 g/mol. The number of fused-ring (bicyclic) bond motifs is 4. The Morgan fingerprint density at radius 2 is 1.56 bits per heavy atom. The average Bonchev–Trinajstić information content (AvgIpc) is 3.16. The maximum Gasteiger partial charge on any atom is 0.212 e. The predicted octanol–water partition coefficient (Wildman–Crippen LogP) is 6.08. The number of hydrogen-bond acceptors (Lipinski definition) is 0. The smallest absolute Gasteiger partial charge is 0.201 e. The van der Waals surface area contributed by atoms with E-state index in [-0.39, 0.29) is 0 Å². The van der Waals surface area contributed by atoms with Crippen LogP contribution in [0.4, 0.5) is 0 Å². The highest BCUT2D eigenvalue weighted by atomic mass is 28.3. The fourth-order valence-electron chi connectivity index (χ4n) is 6.14. The van der Waals surface area contributed by atoms with Crippen molar-refractivity contribution in [1.29, 1.82) is 0 Å². The summed E-state index contributed by atoms with van der Waals surface area (Å²) >= 11 is 0. The van der Waals surface area contributed by atoms with E-state index in [1.54, 1.807) is 13.8 Å². The van der Waals surface area contributed by atoms with Crippen LogP contribution in [0.15, 0.2) is 72.9 Å². The average molecular weight is 465 g/mol. The van der Waals surface area contributed by atoms with Crippen molar-refractivity contribution in [3.05, 3.63) is 89.6 Å². The lowest BCUT2D eigenvalue weighted by molar-refractivity contribution is -0.660. The highest BCUT2D eigenvalue weighted by Gasteiger charge is 2.43. The number of pyridine rings is 1. The monoisotopic (exact) mass is 464 g/mol. The molecule has 6 rings (SSSR count). The summed E-state index contributed by atoms with van der Waals surface area (Å²) < 4.78 is 37.5. The second kappa shape index (κ2) is 7.26. The van der Waals surface area contributed by atoms with Crippen LogP contribution in [0.25, 0.3) is 33.5 Å². The molecule has 0 spiro atoms. The van der Waals surface area contributed by atoms with Crippen LogP contribution in [-0.2, 0) is 19.8 Å². The fourth-order valence-corrected chi connectivity index (χ4v) is 10.0. The maximum atomic E-state index is 8.92. The third-order valence-corrected chi connectivity index (χ3v) is 11.1. The summed E-state index contributed by atoms with van der Waals surface area (Å²) in [7, 11) is -0.0835. The molecular formula is C32H34NSi+. The van der Waals surface area contributed by atoms with Gasteiger partial charge in [-0.05, 0) is 80.5 Å². The number of aromatic nitrogens is 1. The summed E-state index contributed by atoms with van der Waals surface area (Å²) in [6, 6.07) is 23.2. The Balaban J connectivity index is 1.60. The molecule has 4 aromatic rings. The van der Waals surface area contributed by atoms with Crippen LogP contribution in [0.5, 0.6) is 0 Å². The van der Waals surface area contributed by atoms with Gasteiger partial charge in [-0.1, -0.05) is 75.5 Å². The molecule has 3 aromatic carbocycles. The van der Waals surface area contributed by atoms with Crippen LogP contribution < -0.4 is 14.9 Å². The van der Waals surface area contributed by atoms with Crippen LogP contribution in [0.1, 0.15) is 36.0 Å². The second-order valence-corrected chi connectivity index (χ2v) is 15.1. The first kappa shape index (κ1) is 17.5. The molecule has 0 saturated carbocycles. The third kappa shape index (κ3) is 3.08. The Kier molecular flexibility index (Phi) is 3.73. The molecule has 0 atom stereocenters. The van der Waals surface area contributed by atoms with Crippen molar-refractivity contribution >= 4 is 18.4 Å². The predicted molar refractivity (Wildman–Crippen MR) is 147 cm³/mol. The van der Waals surface area contributed by atoms with Crippen molar-refractivity contribution in [1.82, 2.24) is 0 Å². The van der Waals surface area contributed by atoms with Crippen molar-refractivity contribution in [3.63, 3.8) is 0 Å². The number of aryl methyl sites for hydroxylation is 2. The summed E-state index contributed by atoms with van der Waals surface area (Å²) in [5.41, 5.74) is 8.28. The lowest BCUT2D eigenvalue weighted by atomic mass is 9.90. The first-order chi connectivity index (χ1) is 17.7. The van der Waals surface area contributed by atoms with Gasteiger partial charge in [-0.3, -0.25) is 0 Å². The molecule has 2 heterocycles. The van der Waals surface area contributed by atoms with Crippen molar-refractivity contribution in [2.24, 2.45) is 12.5 Å². The maximum absolute atomic E-state index is 8.92. The van der Waals surface area contributed by atoms with E-state index < -0.39 is 26.2 Å². The molecule has 34 heavy (non-hydrogen) atoms. The molecule has 0 fully saturated rings. The number of rotatable bonds is 2. The van der Waals surface area contributed by atoms with Gasteiger partial charge in [0.25, 0.3) is 0 Å². The molecule has 0 unspecified atom stereocenters. The lowest BCUT2D eigenvalue weighted by Gasteiger charge is -2.25. The number of benzene rings is 3. The van der Waals surface area contributed by atoms with Crippen LogP contribution in [0, 0.1) is 12.3 Å². The zero-order valence-electron chi connectivity index (χ0n) is 24.9. The van der Waals surface area contributed by atoms with Gasteiger partial charge in [-0.2, -0.15) is 0 Å². The highest BCUT2D eigenvalue weighted by Crippen LogP contribution is 2.40. The molecule has 1 aromatic heterocycles. The van der Waals surface area contributed by atoms with Crippen molar-refractivity contribution in [2.75, 3.05) is 0 Å². The Morgan fingerprint density at radius 3 is 2.35 bits per heavy atom. The van der Waals surface area contributed by atoms with Crippen LogP contribution >= 0.6 is 0 Å². The van der Waals surface area contributed by atoms with E-state index in [9.17, 15) is 0 Å². The largest absolute Gasteiger partial charge is 0.212 e. The van der Waals surface area contributed by atoms with Gasteiger partial charge >= 0.3 is 0 Å². The van der Waals surface area contributed by atoms with E-state index in [2.05, 4.69) is 86.4 Å². The van der Waals surface area contributed by atoms with E-state index in [4.69, 9.17) is 5.48 Å².